The molecular formula is C16H20N2. The second-order valence-corrected chi connectivity index (χ2v) is 5.46. The van der Waals surface area contributed by atoms with Crippen LogP contribution >= 0.6 is 0 Å². The summed E-state index contributed by atoms with van der Waals surface area (Å²) < 4.78 is 0. The number of hydrogen-bond acceptors (Lipinski definition) is 2. The maximum Gasteiger partial charge on any atom is 0.0726 e. The van der Waals surface area contributed by atoms with Crippen LogP contribution in [0.25, 0.3) is 10.9 Å². The van der Waals surface area contributed by atoms with Crippen LogP contribution < -0.4 is 5.73 Å². The highest BCUT2D eigenvalue weighted by Gasteiger charge is 2.16. The van der Waals surface area contributed by atoms with Crippen molar-refractivity contribution < 1.29 is 0 Å². The molecule has 2 aromatic rings. The first kappa shape index (κ1) is 11.5. The minimum absolute atomic E-state index is 0.726. The molecular weight excluding hydrogens is 220 g/mol. The number of benzene rings is 1. The van der Waals surface area contributed by atoms with Crippen molar-refractivity contribution in [3.05, 3.63) is 35.5 Å². The SMILES string of the molecule is Cc1cc(N)c2cc(C3CCCCC3)ccc2n1. The second kappa shape index (κ2) is 4.60. The maximum atomic E-state index is 6.12. The van der Waals surface area contributed by atoms with Gasteiger partial charge in [-0.1, -0.05) is 25.3 Å². The molecule has 18 heavy (non-hydrogen) atoms. The van der Waals surface area contributed by atoms with E-state index in [1.165, 1.54) is 37.7 Å². The van der Waals surface area contributed by atoms with Crippen LogP contribution in [0.15, 0.2) is 24.3 Å². The van der Waals surface area contributed by atoms with Crippen molar-refractivity contribution in [2.24, 2.45) is 0 Å². The Morgan fingerprint density at radius 1 is 1.11 bits per heavy atom. The molecule has 94 valence electrons. The predicted molar refractivity (Wildman–Crippen MR) is 76.7 cm³/mol. The molecule has 2 N–H and O–H groups in total. The first-order valence-electron chi connectivity index (χ1n) is 6.91. The van der Waals surface area contributed by atoms with E-state index in [1.54, 1.807) is 0 Å². The molecule has 0 saturated heterocycles. The average Bonchev–Trinajstić information content (AvgIpc) is 2.39. The van der Waals surface area contributed by atoms with Crippen LogP contribution in [0.5, 0.6) is 0 Å². The van der Waals surface area contributed by atoms with E-state index in [0.717, 1.165) is 28.2 Å². The minimum Gasteiger partial charge on any atom is -0.398 e. The van der Waals surface area contributed by atoms with Crippen LogP contribution in [0.1, 0.15) is 49.3 Å². The van der Waals surface area contributed by atoms with E-state index >= 15 is 0 Å². The number of aryl methyl sites for hydroxylation is 1. The van der Waals surface area contributed by atoms with E-state index in [9.17, 15) is 0 Å². The molecule has 0 spiro atoms. The van der Waals surface area contributed by atoms with E-state index in [-0.39, 0.29) is 0 Å². The van der Waals surface area contributed by atoms with Gasteiger partial charge in [0.1, 0.15) is 0 Å². The Balaban J connectivity index is 2.04. The summed E-state index contributed by atoms with van der Waals surface area (Å²) in [4.78, 5) is 4.54. The summed E-state index contributed by atoms with van der Waals surface area (Å²) in [6.07, 6.45) is 6.77. The van der Waals surface area contributed by atoms with Crippen LogP contribution in [0.3, 0.4) is 0 Å². The van der Waals surface area contributed by atoms with E-state index < -0.39 is 0 Å². The Morgan fingerprint density at radius 2 is 1.89 bits per heavy atom. The molecule has 1 aromatic heterocycles. The van der Waals surface area contributed by atoms with Gasteiger partial charge in [-0.3, -0.25) is 4.98 Å². The molecule has 2 nitrogen and oxygen atoms in total. The van der Waals surface area contributed by atoms with E-state index in [4.69, 9.17) is 5.73 Å². The molecule has 1 aliphatic rings. The third kappa shape index (κ3) is 2.07. The van der Waals surface area contributed by atoms with Crippen LogP contribution in [0.4, 0.5) is 5.69 Å². The fourth-order valence-electron chi connectivity index (χ4n) is 3.10. The summed E-state index contributed by atoms with van der Waals surface area (Å²) in [6, 6.07) is 8.59. The number of nitrogen functional groups attached to an aromatic ring is 1. The van der Waals surface area contributed by atoms with Gasteiger partial charge in [0, 0.05) is 16.8 Å². The number of nitrogens with zero attached hydrogens (tertiary/aromatic N) is 1. The Kier molecular flexibility index (Phi) is 2.94. The fourth-order valence-corrected chi connectivity index (χ4v) is 3.10. The molecule has 1 aromatic carbocycles. The third-order valence-electron chi connectivity index (χ3n) is 4.07. The van der Waals surface area contributed by atoms with Gasteiger partial charge in [-0.05, 0) is 49.4 Å². The smallest absolute Gasteiger partial charge is 0.0726 e. The number of aromatic nitrogens is 1. The summed E-state index contributed by atoms with van der Waals surface area (Å²) in [5, 5.41) is 1.11. The molecule has 0 atom stereocenters. The summed E-state index contributed by atoms with van der Waals surface area (Å²) in [5.74, 6) is 0.726. The molecule has 1 fully saturated rings. The Bertz CT molecular complexity index is 569. The molecule has 3 rings (SSSR count). The van der Waals surface area contributed by atoms with Crippen molar-refractivity contribution in [3.63, 3.8) is 0 Å². The van der Waals surface area contributed by atoms with Gasteiger partial charge in [0.15, 0.2) is 0 Å². The lowest BCUT2D eigenvalue weighted by Gasteiger charge is -2.22. The van der Waals surface area contributed by atoms with Crippen molar-refractivity contribution >= 4 is 16.6 Å². The van der Waals surface area contributed by atoms with Crippen molar-refractivity contribution in [1.29, 1.82) is 0 Å². The zero-order chi connectivity index (χ0) is 12.5. The lowest BCUT2D eigenvalue weighted by molar-refractivity contribution is 0.444. The quantitative estimate of drug-likeness (QED) is 0.812. The molecule has 0 amide bonds. The highest BCUT2D eigenvalue weighted by molar-refractivity contribution is 5.90. The summed E-state index contributed by atoms with van der Waals surface area (Å²) in [6.45, 7) is 1.99. The third-order valence-corrected chi connectivity index (χ3v) is 4.07. The summed E-state index contributed by atoms with van der Waals surface area (Å²) in [5.41, 5.74) is 10.4. The van der Waals surface area contributed by atoms with Crippen LogP contribution in [-0.4, -0.2) is 4.98 Å². The first-order valence-corrected chi connectivity index (χ1v) is 6.91. The Hall–Kier alpha value is -1.57. The van der Waals surface area contributed by atoms with Gasteiger partial charge in [0.25, 0.3) is 0 Å². The van der Waals surface area contributed by atoms with Gasteiger partial charge in [0.05, 0.1) is 5.52 Å². The number of rotatable bonds is 1. The van der Waals surface area contributed by atoms with Crippen LogP contribution in [0.2, 0.25) is 0 Å². The zero-order valence-corrected chi connectivity index (χ0v) is 10.9. The Labute approximate surface area is 108 Å². The molecule has 1 aliphatic carbocycles. The minimum atomic E-state index is 0.726. The van der Waals surface area contributed by atoms with Gasteiger partial charge < -0.3 is 5.73 Å². The lowest BCUT2D eigenvalue weighted by Crippen LogP contribution is -2.04. The van der Waals surface area contributed by atoms with Gasteiger partial charge in [-0.2, -0.15) is 0 Å². The highest BCUT2D eigenvalue weighted by atomic mass is 14.7. The monoisotopic (exact) mass is 240 g/mol. The summed E-state index contributed by atoms with van der Waals surface area (Å²) in [7, 11) is 0. The van der Waals surface area contributed by atoms with Crippen molar-refractivity contribution in [3.8, 4) is 0 Å². The molecule has 0 aliphatic heterocycles. The van der Waals surface area contributed by atoms with E-state index in [0.29, 0.717) is 0 Å². The molecule has 1 saturated carbocycles. The zero-order valence-electron chi connectivity index (χ0n) is 10.9. The van der Waals surface area contributed by atoms with Crippen LogP contribution in [0, 0.1) is 6.92 Å². The average molecular weight is 240 g/mol. The molecule has 0 bridgehead atoms. The van der Waals surface area contributed by atoms with Crippen molar-refractivity contribution in [2.45, 2.75) is 44.9 Å². The molecule has 0 unspecified atom stereocenters. The normalized spacial score (nSPS) is 17.2. The van der Waals surface area contributed by atoms with Gasteiger partial charge >= 0.3 is 0 Å². The first-order chi connectivity index (χ1) is 8.74. The number of anilines is 1. The van der Waals surface area contributed by atoms with E-state index in [1.807, 2.05) is 13.0 Å². The fraction of sp³-hybridized carbons (Fsp3) is 0.438. The topological polar surface area (TPSA) is 38.9 Å². The van der Waals surface area contributed by atoms with Gasteiger partial charge in [-0.25, -0.2) is 0 Å². The van der Waals surface area contributed by atoms with Gasteiger partial charge in [0.2, 0.25) is 0 Å². The largest absolute Gasteiger partial charge is 0.398 e. The molecule has 0 radical (unpaired) electrons. The lowest BCUT2D eigenvalue weighted by atomic mass is 9.83. The standard InChI is InChI=1S/C16H20N2/c1-11-9-15(17)14-10-13(7-8-16(14)18-11)12-5-3-2-4-6-12/h7-10,12H,2-6H2,1H3,(H2,17,18). The number of pyridine rings is 1. The second-order valence-electron chi connectivity index (χ2n) is 5.46. The predicted octanol–water partition coefficient (Wildman–Crippen LogP) is 4.17. The van der Waals surface area contributed by atoms with Crippen LogP contribution in [-0.2, 0) is 0 Å². The van der Waals surface area contributed by atoms with Crippen molar-refractivity contribution in [2.75, 3.05) is 5.73 Å². The number of hydrogen-bond donors (Lipinski definition) is 1. The number of nitrogens with two attached hydrogens (primary N) is 1. The van der Waals surface area contributed by atoms with Crippen molar-refractivity contribution in [1.82, 2.24) is 4.98 Å². The van der Waals surface area contributed by atoms with Gasteiger partial charge in [-0.15, -0.1) is 0 Å². The summed E-state index contributed by atoms with van der Waals surface area (Å²) >= 11 is 0. The number of fused-ring (bicyclic) bond motifs is 1. The molecule has 1 heterocycles. The van der Waals surface area contributed by atoms with E-state index in [2.05, 4.69) is 23.2 Å². The molecule has 2 heteroatoms. The Morgan fingerprint density at radius 3 is 2.67 bits per heavy atom. The maximum absolute atomic E-state index is 6.12. The highest BCUT2D eigenvalue weighted by Crippen LogP contribution is 2.34.